The summed E-state index contributed by atoms with van der Waals surface area (Å²) in [5.74, 6) is 0. The molecule has 1 atom stereocenters. The van der Waals surface area contributed by atoms with Crippen LogP contribution in [-0.2, 0) is 0 Å². The second kappa shape index (κ2) is 6.65. The first-order chi connectivity index (χ1) is 9.20. The van der Waals surface area contributed by atoms with E-state index in [0.29, 0.717) is 6.54 Å². The molecule has 0 unspecified atom stereocenters. The van der Waals surface area contributed by atoms with E-state index in [1.54, 1.807) is 12.1 Å². The third-order valence-corrected chi connectivity index (χ3v) is 3.37. The van der Waals surface area contributed by atoms with E-state index in [2.05, 4.69) is 9.80 Å². The van der Waals surface area contributed by atoms with E-state index in [4.69, 9.17) is 5.11 Å². The minimum Gasteiger partial charge on any atom is -0.394 e. The maximum atomic E-state index is 11.9. The molecule has 0 amide bonds. The van der Waals surface area contributed by atoms with E-state index >= 15 is 0 Å². The van der Waals surface area contributed by atoms with Crippen molar-refractivity contribution < 1.29 is 10.2 Å². The van der Waals surface area contributed by atoms with Crippen LogP contribution in [0.1, 0.15) is 0 Å². The fraction of sp³-hybridized carbons (Fsp3) is 0.500. The summed E-state index contributed by atoms with van der Waals surface area (Å²) in [4.78, 5) is 16.1. The number of rotatable bonds is 4. The van der Waals surface area contributed by atoms with E-state index in [-0.39, 0.29) is 12.0 Å². The molecule has 1 aromatic carbocycles. The van der Waals surface area contributed by atoms with Gasteiger partial charge in [-0.25, -0.2) is 0 Å². The zero-order valence-electron chi connectivity index (χ0n) is 10.9. The van der Waals surface area contributed by atoms with Gasteiger partial charge in [-0.1, -0.05) is 18.2 Å². The second-order valence-electron chi connectivity index (χ2n) is 4.78. The van der Waals surface area contributed by atoms with E-state index in [9.17, 15) is 9.90 Å². The van der Waals surface area contributed by atoms with Crippen molar-refractivity contribution in [2.45, 2.75) is 6.10 Å². The summed E-state index contributed by atoms with van der Waals surface area (Å²) in [5, 5.41) is 18.2. The Labute approximate surface area is 112 Å². The summed E-state index contributed by atoms with van der Waals surface area (Å²) < 4.78 is 0. The molecule has 104 valence electrons. The van der Waals surface area contributed by atoms with Gasteiger partial charge in [-0.15, -0.1) is 0 Å². The van der Waals surface area contributed by atoms with Crippen molar-refractivity contribution in [2.24, 2.45) is 0 Å². The Morgan fingerprint density at radius 1 is 1.11 bits per heavy atom. The smallest absolute Gasteiger partial charge is 0.201 e. The SMILES string of the molecule is O=c1cccccc1N1CCN(C[C@@H](O)CO)CC1. The van der Waals surface area contributed by atoms with Gasteiger partial charge in [0.15, 0.2) is 0 Å². The number of aliphatic hydroxyl groups is 2. The molecule has 5 nitrogen and oxygen atoms in total. The lowest BCUT2D eigenvalue weighted by molar-refractivity contribution is 0.0575. The predicted molar refractivity (Wildman–Crippen MR) is 74.5 cm³/mol. The largest absolute Gasteiger partial charge is 0.394 e. The molecule has 1 aromatic rings. The number of anilines is 1. The number of hydrogen-bond acceptors (Lipinski definition) is 5. The van der Waals surface area contributed by atoms with Gasteiger partial charge in [0.1, 0.15) is 0 Å². The molecule has 1 heterocycles. The first-order valence-electron chi connectivity index (χ1n) is 6.56. The summed E-state index contributed by atoms with van der Waals surface area (Å²) in [6.45, 7) is 3.37. The molecule has 5 heteroatoms. The number of piperazine rings is 1. The van der Waals surface area contributed by atoms with Gasteiger partial charge >= 0.3 is 0 Å². The first-order valence-corrected chi connectivity index (χ1v) is 6.56. The van der Waals surface area contributed by atoms with Crippen molar-refractivity contribution in [3.63, 3.8) is 0 Å². The van der Waals surface area contributed by atoms with Crippen molar-refractivity contribution in [1.82, 2.24) is 4.90 Å². The van der Waals surface area contributed by atoms with Crippen LogP contribution < -0.4 is 10.3 Å². The topological polar surface area (TPSA) is 64.0 Å². The van der Waals surface area contributed by atoms with Gasteiger partial charge in [0.25, 0.3) is 0 Å². The molecule has 0 aliphatic carbocycles. The van der Waals surface area contributed by atoms with Crippen molar-refractivity contribution in [3.8, 4) is 0 Å². The van der Waals surface area contributed by atoms with Crippen molar-refractivity contribution in [2.75, 3.05) is 44.2 Å². The fourth-order valence-electron chi connectivity index (χ4n) is 2.31. The van der Waals surface area contributed by atoms with E-state index in [1.807, 2.05) is 18.2 Å². The minimum absolute atomic E-state index is 0.0360. The standard InChI is InChI=1S/C14H20N2O3/c17-11-12(18)10-15-6-8-16(9-7-15)13-4-2-1-3-5-14(13)19/h1-5,12,17-18H,6-11H2/t12-/m1/s1. The molecule has 19 heavy (non-hydrogen) atoms. The molecule has 0 bridgehead atoms. The van der Waals surface area contributed by atoms with Crippen molar-refractivity contribution in [3.05, 3.63) is 40.6 Å². The zero-order chi connectivity index (χ0) is 13.7. The summed E-state index contributed by atoms with van der Waals surface area (Å²) in [5.41, 5.74) is 0.765. The average molecular weight is 264 g/mol. The van der Waals surface area contributed by atoms with Crippen LogP contribution in [0, 0.1) is 0 Å². The summed E-state index contributed by atoms with van der Waals surface area (Å²) in [6, 6.07) is 8.90. The van der Waals surface area contributed by atoms with Gasteiger partial charge in [-0.2, -0.15) is 0 Å². The van der Waals surface area contributed by atoms with Gasteiger partial charge in [-0.3, -0.25) is 9.69 Å². The summed E-state index contributed by atoms with van der Waals surface area (Å²) in [6.07, 6.45) is -0.684. The lowest BCUT2D eigenvalue weighted by Crippen LogP contribution is -2.49. The molecule has 1 aliphatic heterocycles. The normalized spacial score (nSPS) is 18.3. The van der Waals surface area contributed by atoms with Crippen LogP contribution in [-0.4, -0.2) is 60.5 Å². The summed E-state index contributed by atoms with van der Waals surface area (Å²) in [7, 11) is 0. The molecule has 0 radical (unpaired) electrons. The molecule has 1 fully saturated rings. The highest BCUT2D eigenvalue weighted by Gasteiger charge is 2.19. The van der Waals surface area contributed by atoms with Crippen LogP contribution in [0.3, 0.4) is 0 Å². The number of aliphatic hydroxyl groups excluding tert-OH is 2. The Morgan fingerprint density at radius 2 is 1.79 bits per heavy atom. The molecular weight excluding hydrogens is 244 g/mol. The molecule has 0 aromatic heterocycles. The third kappa shape index (κ3) is 3.76. The summed E-state index contributed by atoms with van der Waals surface area (Å²) >= 11 is 0. The Balaban J connectivity index is 1.97. The highest BCUT2D eigenvalue weighted by molar-refractivity contribution is 5.45. The zero-order valence-corrected chi connectivity index (χ0v) is 10.9. The van der Waals surface area contributed by atoms with Crippen LogP contribution in [0.25, 0.3) is 0 Å². The van der Waals surface area contributed by atoms with Crippen LogP contribution in [0.15, 0.2) is 35.1 Å². The highest BCUT2D eigenvalue weighted by atomic mass is 16.3. The molecule has 0 saturated carbocycles. The minimum atomic E-state index is -0.684. The van der Waals surface area contributed by atoms with Gasteiger partial charge in [-0.05, 0) is 12.1 Å². The van der Waals surface area contributed by atoms with Crippen LogP contribution >= 0.6 is 0 Å². The maximum Gasteiger partial charge on any atom is 0.201 e. The van der Waals surface area contributed by atoms with Crippen LogP contribution in [0.2, 0.25) is 0 Å². The Morgan fingerprint density at radius 3 is 2.47 bits per heavy atom. The maximum absolute atomic E-state index is 11.9. The van der Waals surface area contributed by atoms with Gasteiger partial charge in [0.2, 0.25) is 5.43 Å². The van der Waals surface area contributed by atoms with Crippen molar-refractivity contribution in [1.29, 1.82) is 0 Å². The molecular formula is C14H20N2O3. The van der Waals surface area contributed by atoms with Gasteiger partial charge in [0, 0.05) is 32.7 Å². The Hall–Kier alpha value is -1.43. The predicted octanol–water partition coefficient (Wildman–Crippen LogP) is -0.478. The fourth-order valence-corrected chi connectivity index (χ4v) is 2.31. The molecule has 1 saturated heterocycles. The lowest BCUT2D eigenvalue weighted by atomic mass is 10.2. The van der Waals surface area contributed by atoms with E-state index in [0.717, 1.165) is 31.9 Å². The van der Waals surface area contributed by atoms with E-state index < -0.39 is 6.10 Å². The monoisotopic (exact) mass is 264 g/mol. The highest BCUT2D eigenvalue weighted by Crippen LogP contribution is 2.11. The molecule has 2 rings (SSSR count). The number of nitrogens with zero attached hydrogens (tertiary/aromatic N) is 2. The molecule has 2 N–H and O–H groups in total. The van der Waals surface area contributed by atoms with E-state index in [1.165, 1.54) is 0 Å². The Kier molecular flexibility index (Phi) is 4.90. The lowest BCUT2D eigenvalue weighted by Gasteiger charge is -2.36. The molecule has 0 spiro atoms. The van der Waals surface area contributed by atoms with Crippen LogP contribution in [0.4, 0.5) is 5.69 Å². The van der Waals surface area contributed by atoms with Crippen LogP contribution in [0.5, 0.6) is 0 Å². The number of β-amino-alcohol motifs (C(OH)–C–C–N with tert-alkyl or cyclic N) is 1. The quantitative estimate of drug-likeness (QED) is 0.769. The second-order valence-corrected chi connectivity index (χ2v) is 4.78. The first kappa shape index (κ1) is 14.0. The van der Waals surface area contributed by atoms with Gasteiger partial charge in [0.05, 0.1) is 18.4 Å². The number of hydrogen-bond donors (Lipinski definition) is 2. The van der Waals surface area contributed by atoms with Crippen molar-refractivity contribution >= 4 is 5.69 Å². The van der Waals surface area contributed by atoms with Gasteiger partial charge < -0.3 is 15.1 Å². The average Bonchev–Trinajstić information content (AvgIpc) is 2.64. The third-order valence-electron chi connectivity index (χ3n) is 3.37. The molecule has 1 aliphatic rings. The Bertz CT molecular complexity index is 458.